The number of nitrogens with one attached hydrogen (secondary N) is 6. The predicted molar refractivity (Wildman–Crippen MR) is 196 cm³/mol. The minimum atomic E-state index is -1.75. The van der Waals surface area contributed by atoms with E-state index >= 15 is 0 Å². The number of carbonyl (C=O) groups is 8. The van der Waals surface area contributed by atoms with Gasteiger partial charge in [-0.1, -0.05) is 27.7 Å². The summed E-state index contributed by atoms with van der Waals surface area (Å²) in [6.45, 7) is 6.20. The number of guanidine groups is 1. The summed E-state index contributed by atoms with van der Waals surface area (Å²) in [7, 11) is 0. The van der Waals surface area contributed by atoms with Crippen molar-refractivity contribution >= 4 is 53.3 Å². The average molecular weight is 790 g/mol. The zero-order valence-corrected chi connectivity index (χ0v) is 31.7. The lowest BCUT2D eigenvalue weighted by molar-refractivity contribution is -0.143. The molecule has 0 aliphatic heterocycles. The Balaban J connectivity index is 6.11. The van der Waals surface area contributed by atoms with Crippen LogP contribution in [0.25, 0.3) is 0 Å². The number of nitrogens with two attached hydrogens (primary N) is 4. The highest BCUT2D eigenvalue weighted by atomic mass is 16.4. The van der Waals surface area contributed by atoms with Gasteiger partial charge in [0.15, 0.2) is 5.96 Å². The van der Waals surface area contributed by atoms with Gasteiger partial charge in [-0.15, -0.1) is 0 Å². The summed E-state index contributed by atoms with van der Waals surface area (Å²) in [5.74, 6) is -9.07. The predicted octanol–water partition coefficient (Wildman–Crippen LogP) is -6.31. The van der Waals surface area contributed by atoms with Crippen LogP contribution in [0.5, 0.6) is 0 Å². The van der Waals surface area contributed by atoms with Crippen molar-refractivity contribution in [1.29, 1.82) is 0 Å². The van der Waals surface area contributed by atoms with Crippen molar-refractivity contribution in [3.63, 3.8) is 0 Å². The van der Waals surface area contributed by atoms with E-state index < -0.39 is 128 Å². The van der Waals surface area contributed by atoms with Crippen molar-refractivity contribution in [1.82, 2.24) is 31.9 Å². The second kappa shape index (κ2) is 25.0. The fraction of sp³-hybridized carbons (Fsp3) is 0.719. The molecule has 0 heterocycles. The molecule has 18 N–H and O–H groups in total. The first-order chi connectivity index (χ1) is 25.5. The molecule has 314 valence electrons. The number of amides is 7. The molecule has 0 fully saturated rings. The maximum Gasteiger partial charge on any atom is 0.326 e. The number of hydrogen-bond acceptors (Lipinski definition) is 13. The lowest BCUT2D eigenvalue weighted by Crippen LogP contribution is -2.62. The zero-order valence-electron chi connectivity index (χ0n) is 31.7. The number of nitrogens with zero attached hydrogens (tertiary/aromatic N) is 1. The van der Waals surface area contributed by atoms with E-state index in [4.69, 9.17) is 28.0 Å². The molecule has 55 heavy (non-hydrogen) atoms. The SMILES string of the molecule is CC(C)C[C@H](NC(=O)[C@@H](NC(=O)[C@H](CCC(N)=O)NC(=O)[C@H](CO)NC(=O)[C@@H](N)CO)[C@@H](C)O)C(=O)N[C@H](C(=O)N[C@@H](CCCN=C(N)N)C(=O)O)C(C)C. The van der Waals surface area contributed by atoms with Gasteiger partial charge in [0.2, 0.25) is 41.4 Å². The lowest BCUT2D eigenvalue weighted by Gasteiger charge is -2.29. The van der Waals surface area contributed by atoms with Gasteiger partial charge in [-0.3, -0.25) is 38.6 Å². The molecule has 0 bridgehead atoms. The van der Waals surface area contributed by atoms with Crippen LogP contribution in [0.1, 0.15) is 66.7 Å². The molecule has 0 rings (SSSR count). The van der Waals surface area contributed by atoms with Crippen LogP contribution < -0.4 is 54.8 Å². The number of carbonyl (C=O) groups excluding carboxylic acids is 7. The highest BCUT2D eigenvalue weighted by Gasteiger charge is 2.36. The smallest absolute Gasteiger partial charge is 0.326 e. The van der Waals surface area contributed by atoms with Gasteiger partial charge >= 0.3 is 5.97 Å². The van der Waals surface area contributed by atoms with E-state index in [1.807, 2.05) is 0 Å². The van der Waals surface area contributed by atoms with Crippen LogP contribution in [0.15, 0.2) is 4.99 Å². The topological polar surface area (TPSA) is 406 Å². The Labute approximate surface area is 318 Å². The van der Waals surface area contributed by atoms with E-state index in [-0.39, 0.29) is 37.7 Å². The molecule has 0 aliphatic rings. The Morgan fingerprint density at radius 3 is 1.58 bits per heavy atom. The molecule has 23 heteroatoms. The summed E-state index contributed by atoms with van der Waals surface area (Å²) in [6.07, 6.45) is -2.25. The summed E-state index contributed by atoms with van der Waals surface area (Å²) < 4.78 is 0. The van der Waals surface area contributed by atoms with Crippen molar-refractivity contribution in [2.45, 2.75) is 115 Å². The molecule has 0 saturated heterocycles. The minimum absolute atomic E-state index is 0.0124. The van der Waals surface area contributed by atoms with Gasteiger partial charge in [0, 0.05) is 13.0 Å². The molecular weight excluding hydrogens is 730 g/mol. The normalized spacial score (nSPS) is 15.5. The summed E-state index contributed by atoms with van der Waals surface area (Å²) in [4.78, 5) is 106. The second-order valence-corrected chi connectivity index (χ2v) is 13.6. The highest BCUT2D eigenvalue weighted by Crippen LogP contribution is 2.11. The van der Waals surface area contributed by atoms with Crippen molar-refractivity contribution in [2.24, 2.45) is 39.8 Å². The van der Waals surface area contributed by atoms with E-state index in [0.29, 0.717) is 0 Å². The number of aliphatic imine (C=N–C) groups is 1. The monoisotopic (exact) mass is 789 g/mol. The fourth-order valence-electron chi connectivity index (χ4n) is 4.82. The summed E-state index contributed by atoms with van der Waals surface area (Å²) in [5, 5.41) is 52.8. The molecule has 0 aromatic heterocycles. The molecule has 0 saturated carbocycles. The first kappa shape index (κ1) is 49.9. The van der Waals surface area contributed by atoms with Crippen LogP contribution in [-0.4, -0.2) is 142 Å². The van der Waals surface area contributed by atoms with Gasteiger partial charge in [0.25, 0.3) is 0 Å². The summed E-state index contributed by atoms with van der Waals surface area (Å²) >= 11 is 0. The third-order valence-electron chi connectivity index (χ3n) is 7.87. The molecule has 0 aliphatic carbocycles. The maximum absolute atomic E-state index is 13.6. The number of hydrogen-bond donors (Lipinski definition) is 14. The third kappa shape index (κ3) is 19.2. The quantitative estimate of drug-likeness (QED) is 0.0220. The van der Waals surface area contributed by atoms with Crippen molar-refractivity contribution in [3.05, 3.63) is 0 Å². The third-order valence-corrected chi connectivity index (χ3v) is 7.87. The number of aliphatic carboxylic acids is 1. The molecule has 0 spiro atoms. The molecular formula is C32H59N11O12. The molecule has 0 aromatic carbocycles. The van der Waals surface area contributed by atoms with Crippen molar-refractivity contribution in [3.8, 4) is 0 Å². The first-order valence-electron chi connectivity index (χ1n) is 17.6. The van der Waals surface area contributed by atoms with Gasteiger partial charge in [-0.05, 0) is 44.4 Å². The number of aliphatic hydroxyl groups is 3. The van der Waals surface area contributed by atoms with E-state index in [2.05, 4.69) is 36.9 Å². The highest BCUT2D eigenvalue weighted by molar-refractivity contribution is 5.97. The van der Waals surface area contributed by atoms with Gasteiger partial charge in [0.1, 0.15) is 42.3 Å². The molecule has 23 nitrogen and oxygen atoms in total. The minimum Gasteiger partial charge on any atom is -0.480 e. The number of carboxylic acid groups (broad SMARTS) is 1. The fourth-order valence-corrected chi connectivity index (χ4v) is 4.82. The second-order valence-electron chi connectivity index (χ2n) is 13.6. The van der Waals surface area contributed by atoms with Crippen LogP contribution in [0, 0.1) is 11.8 Å². The van der Waals surface area contributed by atoms with Crippen LogP contribution in [0.2, 0.25) is 0 Å². The van der Waals surface area contributed by atoms with E-state index in [9.17, 15) is 53.7 Å². The van der Waals surface area contributed by atoms with E-state index in [1.165, 1.54) is 0 Å². The average Bonchev–Trinajstić information content (AvgIpc) is 3.09. The number of rotatable bonds is 26. The van der Waals surface area contributed by atoms with Crippen LogP contribution >= 0.6 is 0 Å². The number of primary amides is 1. The largest absolute Gasteiger partial charge is 0.480 e. The maximum atomic E-state index is 13.6. The molecule has 8 atom stereocenters. The number of aliphatic hydroxyl groups excluding tert-OH is 3. The molecule has 0 aromatic rings. The summed E-state index contributed by atoms with van der Waals surface area (Å²) in [6, 6.07) is -10.4. The lowest BCUT2D eigenvalue weighted by atomic mass is 9.99. The van der Waals surface area contributed by atoms with E-state index in [0.717, 1.165) is 6.92 Å². The van der Waals surface area contributed by atoms with Crippen LogP contribution in [0.3, 0.4) is 0 Å². The molecule has 0 radical (unpaired) electrons. The van der Waals surface area contributed by atoms with E-state index in [1.54, 1.807) is 27.7 Å². The van der Waals surface area contributed by atoms with Gasteiger partial charge in [-0.2, -0.15) is 0 Å². The van der Waals surface area contributed by atoms with Gasteiger partial charge in [0.05, 0.1) is 19.3 Å². The van der Waals surface area contributed by atoms with Gasteiger partial charge in [-0.25, -0.2) is 4.79 Å². The first-order valence-corrected chi connectivity index (χ1v) is 17.6. The zero-order chi connectivity index (χ0) is 42.6. The van der Waals surface area contributed by atoms with Crippen LogP contribution in [0.4, 0.5) is 0 Å². The Bertz CT molecular complexity index is 1360. The van der Waals surface area contributed by atoms with Crippen LogP contribution in [-0.2, 0) is 38.4 Å². The Hall–Kier alpha value is -5.13. The Morgan fingerprint density at radius 2 is 1.11 bits per heavy atom. The number of carboxylic acids is 1. The molecule has 7 amide bonds. The standard InChI is InChI=1S/C32H59N11O12/c1-14(2)11-20(27(50)42-23(15(3)4)29(52)39-19(31(54)55)7-6-10-37-32(35)36)40-30(53)24(16(5)46)43-26(49)18(8-9-22(34)47)38-28(51)21(13-45)41-25(48)17(33)12-44/h14-21,23-24,44-46H,6-13,33H2,1-5H3,(H2,34,47)(H,38,51)(H,39,52)(H,40,53)(H,41,48)(H,42,50)(H,43,49)(H,54,55)(H4,35,36,37)/t16-,17+,18+,19+,20+,21+,23+,24+/m1/s1. The Morgan fingerprint density at radius 1 is 0.618 bits per heavy atom. The summed E-state index contributed by atoms with van der Waals surface area (Å²) in [5.41, 5.74) is 21.2. The van der Waals surface area contributed by atoms with Gasteiger partial charge < -0.3 is 75.3 Å². The molecule has 0 unspecified atom stereocenters. The Kier molecular flexibility index (Phi) is 22.7. The van der Waals surface area contributed by atoms with Crippen molar-refractivity contribution in [2.75, 3.05) is 19.8 Å². The van der Waals surface area contributed by atoms with Crippen molar-refractivity contribution < 1.29 is 58.8 Å².